The summed E-state index contributed by atoms with van der Waals surface area (Å²) in [4.78, 5) is 11.9. The van der Waals surface area contributed by atoms with Crippen molar-refractivity contribution in [3.8, 4) is 0 Å². The molecular formula is C12H18O6S. The van der Waals surface area contributed by atoms with Gasteiger partial charge in [0.1, 0.15) is 12.2 Å². The molecule has 0 aromatic heterocycles. The van der Waals surface area contributed by atoms with Gasteiger partial charge in [-0.2, -0.15) is 0 Å². The lowest BCUT2D eigenvalue weighted by Crippen LogP contribution is -2.51. The fourth-order valence-electron chi connectivity index (χ4n) is 2.82. The maximum Gasteiger partial charge on any atom is 0.272 e. The van der Waals surface area contributed by atoms with Gasteiger partial charge < -0.3 is 23.7 Å². The van der Waals surface area contributed by atoms with Crippen LogP contribution in [0.3, 0.4) is 0 Å². The van der Waals surface area contributed by atoms with Crippen LogP contribution in [-0.2, 0) is 28.5 Å². The molecule has 0 aliphatic carbocycles. The van der Waals surface area contributed by atoms with Crippen molar-refractivity contribution in [2.45, 2.75) is 63.4 Å². The lowest BCUT2D eigenvalue weighted by Gasteiger charge is -2.38. The third-order valence-electron chi connectivity index (χ3n) is 3.49. The smallest absolute Gasteiger partial charge is 0.272 e. The Morgan fingerprint density at radius 3 is 2.42 bits per heavy atom. The van der Waals surface area contributed by atoms with Crippen LogP contribution in [-0.4, -0.2) is 47.4 Å². The summed E-state index contributed by atoms with van der Waals surface area (Å²) >= 11 is 3.89. The van der Waals surface area contributed by atoms with E-state index in [2.05, 4.69) is 12.6 Å². The third-order valence-corrected chi connectivity index (χ3v) is 3.80. The number of ether oxygens (including phenoxy) is 5. The molecule has 19 heavy (non-hydrogen) atoms. The highest BCUT2D eigenvalue weighted by atomic mass is 32.1. The predicted octanol–water partition coefficient (Wildman–Crippen LogP) is 0.841. The predicted molar refractivity (Wildman–Crippen MR) is 66.5 cm³/mol. The Morgan fingerprint density at radius 2 is 1.79 bits per heavy atom. The van der Waals surface area contributed by atoms with Gasteiger partial charge in [-0.1, -0.05) is 12.6 Å². The van der Waals surface area contributed by atoms with Crippen LogP contribution in [0.25, 0.3) is 0 Å². The van der Waals surface area contributed by atoms with E-state index in [0.717, 1.165) is 0 Å². The number of hydrogen-bond donors (Lipinski definition) is 1. The van der Waals surface area contributed by atoms with Crippen LogP contribution in [0.2, 0.25) is 0 Å². The van der Waals surface area contributed by atoms with Crippen molar-refractivity contribution >= 4 is 17.7 Å². The second kappa shape index (κ2) is 3.93. The maximum atomic E-state index is 11.9. The summed E-state index contributed by atoms with van der Waals surface area (Å²) < 4.78 is 28.6. The fraction of sp³-hybridized carbons (Fsp3) is 0.917. The Kier molecular flexibility index (Phi) is 2.85. The molecule has 4 atom stereocenters. The van der Waals surface area contributed by atoms with E-state index >= 15 is 0 Å². The molecule has 0 N–H and O–H groups in total. The van der Waals surface area contributed by atoms with Crippen LogP contribution in [0.15, 0.2) is 0 Å². The molecule has 0 spiro atoms. The van der Waals surface area contributed by atoms with Gasteiger partial charge in [-0.3, -0.25) is 4.79 Å². The highest BCUT2D eigenvalue weighted by molar-refractivity contribution is 7.96. The highest BCUT2D eigenvalue weighted by Gasteiger charge is 2.70. The van der Waals surface area contributed by atoms with Crippen molar-refractivity contribution in [2.24, 2.45) is 0 Å². The average molecular weight is 290 g/mol. The minimum Gasteiger partial charge on any atom is -0.348 e. The number of rotatable bonds is 1. The number of carbonyl (C=O) groups is 1. The van der Waals surface area contributed by atoms with Gasteiger partial charge in [0.25, 0.3) is 5.79 Å². The van der Waals surface area contributed by atoms with E-state index in [1.165, 1.54) is 0 Å². The van der Waals surface area contributed by atoms with Gasteiger partial charge in [-0.05, 0) is 27.7 Å². The van der Waals surface area contributed by atoms with Crippen LogP contribution in [0, 0.1) is 0 Å². The van der Waals surface area contributed by atoms with Gasteiger partial charge in [0.05, 0.1) is 6.61 Å². The second-order valence-corrected chi connectivity index (χ2v) is 6.37. The molecule has 0 aromatic carbocycles. The van der Waals surface area contributed by atoms with E-state index in [4.69, 9.17) is 23.7 Å². The zero-order valence-corrected chi connectivity index (χ0v) is 12.2. The minimum absolute atomic E-state index is 0.324. The Morgan fingerprint density at radius 1 is 1.11 bits per heavy atom. The molecule has 0 saturated carbocycles. The normalized spacial score (nSPS) is 46.7. The lowest BCUT2D eigenvalue weighted by atomic mass is 10.0. The SMILES string of the molecule is CC1(C)OC[C@@H]2O[C@@]3(C(=O)S)OC(C)(C)O[C@H]3[C@@H]2O1. The molecule has 3 fully saturated rings. The summed E-state index contributed by atoms with van der Waals surface area (Å²) in [5.74, 6) is -3.16. The molecule has 0 amide bonds. The molecule has 3 rings (SSSR count). The standard InChI is InChI=1S/C12H18O6S/c1-10(2)14-5-6-7(16-10)8-12(15-6,9(13)19)18-11(3,4)17-8/h6-8H,5H2,1-4H3,(H,13,19)/t6-,7+,8-,12+/m0/s1. The monoisotopic (exact) mass is 290 g/mol. The summed E-state index contributed by atoms with van der Waals surface area (Å²) in [7, 11) is 0. The van der Waals surface area contributed by atoms with Crippen molar-refractivity contribution < 1.29 is 28.5 Å². The van der Waals surface area contributed by atoms with Crippen LogP contribution in [0.4, 0.5) is 0 Å². The first-order valence-corrected chi connectivity index (χ1v) is 6.71. The van der Waals surface area contributed by atoms with Crippen LogP contribution in [0.1, 0.15) is 27.7 Å². The summed E-state index contributed by atoms with van der Waals surface area (Å²) in [6.45, 7) is 7.41. The van der Waals surface area contributed by atoms with Gasteiger partial charge in [0.2, 0.25) is 5.12 Å². The van der Waals surface area contributed by atoms with Crippen molar-refractivity contribution in [2.75, 3.05) is 6.61 Å². The first-order chi connectivity index (χ1) is 8.65. The fourth-order valence-corrected chi connectivity index (χ4v) is 3.04. The minimum atomic E-state index is -1.51. The molecule has 108 valence electrons. The van der Waals surface area contributed by atoms with Gasteiger partial charge in [0, 0.05) is 0 Å². The summed E-state index contributed by atoms with van der Waals surface area (Å²) in [5.41, 5.74) is 0. The van der Waals surface area contributed by atoms with E-state index in [1.54, 1.807) is 13.8 Å². The van der Waals surface area contributed by atoms with E-state index in [9.17, 15) is 4.79 Å². The van der Waals surface area contributed by atoms with E-state index in [-0.39, 0.29) is 0 Å². The van der Waals surface area contributed by atoms with Gasteiger partial charge in [-0.25, -0.2) is 0 Å². The number of hydrogen-bond acceptors (Lipinski definition) is 6. The van der Waals surface area contributed by atoms with Crippen LogP contribution >= 0.6 is 12.6 Å². The van der Waals surface area contributed by atoms with E-state index in [0.29, 0.717) is 6.61 Å². The summed E-state index contributed by atoms with van der Waals surface area (Å²) in [6, 6.07) is 0. The Labute approximate surface area is 117 Å². The van der Waals surface area contributed by atoms with Crippen molar-refractivity contribution in [1.29, 1.82) is 0 Å². The highest BCUT2D eigenvalue weighted by Crippen LogP contribution is 2.49. The quantitative estimate of drug-likeness (QED) is 0.722. The number of carbonyl (C=O) groups excluding carboxylic acids is 1. The summed E-state index contributed by atoms with van der Waals surface area (Å²) in [5, 5.41) is -0.515. The first-order valence-electron chi connectivity index (χ1n) is 6.26. The van der Waals surface area contributed by atoms with Gasteiger partial charge in [0.15, 0.2) is 17.7 Å². The van der Waals surface area contributed by atoms with Crippen LogP contribution < -0.4 is 0 Å². The molecule has 0 aromatic rings. The average Bonchev–Trinajstić information content (AvgIpc) is 2.67. The molecule has 6 nitrogen and oxygen atoms in total. The molecular weight excluding hydrogens is 272 g/mol. The van der Waals surface area contributed by atoms with E-state index in [1.807, 2.05) is 13.8 Å². The lowest BCUT2D eigenvalue weighted by molar-refractivity contribution is -0.323. The molecule has 3 aliphatic rings. The molecule has 3 aliphatic heterocycles. The van der Waals surface area contributed by atoms with Gasteiger partial charge in [-0.15, -0.1) is 0 Å². The molecule has 7 heteroatoms. The first kappa shape index (κ1) is 13.8. The Balaban J connectivity index is 1.94. The zero-order chi connectivity index (χ0) is 14.1. The molecule has 3 saturated heterocycles. The molecule has 3 heterocycles. The number of thiol groups is 1. The van der Waals surface area contributed by atoms with Crippen molar-refractivity contribution in [1.82, 2.24) is 0 Å². The molecule has 0 radical (unpaired) electrons. The molecule has 0 bridgehead atoms. The Hall–Kier alpha value is -0.180. The largest absolute Gasteiger partial charge is 0.348 e. The van der Waals surface area contributed by atoms with Crippen molar-refractivity contribution in [3.05, 3.63) is 0 Å². The van der Waals surface area contributed by atoms with E-state index < -0.39 is 40.8 Å². The Bertz CT molecular complexity index is 422. The third kappa shape index (κ3) is 2.03. The van der Waals surface area contributed by atoms with Crippen LogP contribution in [0.5, 0.6) is 0 Å². The zero-order valence-electron chi connectivity index (χ0n) is 11.3. The molecule has 0 unspecified atom stereocenters. The number of fused-ring (bicyclic) bond motifs is 3. The van der Waals surface area contributed by atoms with Crippen molar-refractivity contribution in [3.63, 3.8) is 0 Å². The summed E-state index contributed by atoms with van der Waals surface area (Å²) in [6.07, 6.45) is -1.45. The second-order valence-electron chi connectivity index (χ2n) is 5.96. The van der Waals surface area contributed by atoms with Gasteiger partial charge >= 0.3 is 0 Å². The topological polar surface area (TPSA) is 63.2 Å². The maximum absolute atomic E-state index is 11.9.